The monoisotopic (exact) mass is 394 g/mol. The van der Waals surface area contributed by atoms with E-state index in [2.05, 4.69) is 10.2 Å². The molecule has 154 valence electrons. The van der Waals surface area contributed by atoms with Gasteiger partial charge in [-0.15, -0.1) is 0 Å². The zero-order valence-corrected chi connectivity index (χ0v) is 17.4. The van der Waals surface area contributed by atoms with Gasteiger partial charge in [-0.3, -0.25) is 9.69 Å². The van der Waals surface area contributed by atoms with E-state index in [1.54, 1.807) is 19.1 Å². The van der Waals surface area contributed by atoms with E-state index in [-0.39, 0.29) is 11.9 Å². The van der Waals surface area contributed by atoms with Gasteiger partial charge in [0.15, 0.2) is 0 Å². The number of nitrogens with one attached hydrogen (secondary N) is 1. The highest BCUT2D eigenvalue weighted by Gasteiger charge is 2.13. The van der Waals surface area contributed by atoms with E-state index < -0.39 is 0 Å². The van der Waals surface area contributed by atoms with Crippen molar-refractivity contribution < 1.29 is 14.3 Å². The van der Waals surface area contributed by atoms with Crippen molar-refractivity contribution in [1.29, 1.82) is 0 Å². The van der Waals surface area contributed by atoms with Crippen LogP contribution in [-0.2, 0) is 11.3 Å². The molecule has 2 aromatic rings. The molecule has 1 fully saturated rings. The number of ether oxygens (including phenoxy) is 1. The minimum Gasteiger partial charge on any atom is -0.462 e. The predicted molar refractivity (Wildman–Crippen MR) is 115 cm³/mol. The number of aryl methyl sites for hydroxylation is 1. The molecule has 5 heteroatoms. The van der Waals surface area contributed by atoms with Gasteiger partial charge in [-0.05, 0) is 75.2 Å². The summed E-state index contributed by atoms with van der Waals surface area (Å²) in [4.78, 5) is 27.1. The average Bonchev–Trinajstić information content (AvgIpc) is 2.99. The summed E-state index contributed by atoms with van der Waals surface area (Å²) >= 11 is 0. The topological polar surface area (TPSA) is 58.6 Å². The van der Waals surface area contributed by atoms with Gasteiger partial charge in [0.25, 0.3) is 5.91 Å². The van der Waals surface area contributed by atoms with Gasteiger partial charge < -0.3 is 10.1 Å². The molecule has 0 atom stereocenters. The molecule has 2 aromatic carbocycles. The van der Waals surface area contributed by atoms with Crippen LogP contribution in [0.4, 0.5) is 5.69 Å². The summed E-state index contributed by atoms with van der Waals surface area (Å²) in [5.41, 5.74) is 3.77. The van der Waals surface area contributed by atoms with Crippen molar-refractivity contribution in [3.8, 4) is 0 Å². The van der Waals surface area contributed by atoms with Crippen LogP contribution in [0, 0.1) is 6.92 Å². The number of benzene rings is 2. The van der Waals surface area contributed by atoms with Crippen LogP contribution in [0.2, 0.25) is 0 Å². The minimum absolute atomic E-state index is 0.185. The first-order valence-corrected chi connectivity index (χ1v) is 10.5. The van der Waals surface area contributed by atoms with Gasteiger partial charge in [0.05, 0.1) is 12.2 Å². The lowest BCUT2D eigenvalue weighted by Crippen LogP contribution is -2.24. The quantitative estimate of drug-likeness (QED) is 0.715. The summed E-state index contributed by atoms with van der Waals surface area (Å²) < 4.78 is 5.04. The molecule has 0 spiro atoms. The largest absolute Gasteiger partial charge is 0.462 e. The molecular weight excluding hydrogens is 364 g/mol. The Morgan fingerprint density at radius 3 is 2.28 bits per heavy atom. The maximum atomic E-state index is 12.7. The van der Waals surface area contributed by atoms with Crippen LogP contribution >= 0.6 is 0 Å². The smallest absolute Gasteiger partial charge is 0.338 e. The number of likely N-dealkylation sites (tertiary alicyclic amines) is 1. The SMILES string of the molecule is CCOC(=O)c1ccc(C)c(NC(=O)c2ccc(CN3CCCCCC3)cc2)c1. The molecular formula is C24H30N2O3. The molecule has 0 aliphatic carbocycles. The number of esters is 1. The number of amides is 1. The molecule has 1 N–H and O–H groups in total. The van der Waals surface area contributed by atoms with Crippen molar-refractivity contribution in [3.05, 3.63) is 64.7 Å². The first kappa shape index (κ1) is 21.1. The Morgan fingerprint density at radius 2 is 1.62 bits per heavy atom. The van der Waals surface area contributed by atoms with Crippen molar-refractivity contribution >= 4 is 17.6 Å². The number of hydrogen-bond donors (Lipinski definition) is 1. The van der Waals surface area contributed by atoms with E-state index in [0.717, 1.165) is 25.2 Å². The highest BCUT2D eigenvalue weighted by molar-refractivity contribution is 6.05. The molecule has 29 heavy (non-hydrogen) atoms. The molecule has 0 aromatic heterocycles. The lowest BCUT2D eigenvalue weighted by Gasteiger charge is -2.19. The third-order valence-electron chi connectivity index (χ3n) is 5.32. The fourth-order valence-corrected chi connectivity index (χ4v) is 3.61. The lowest BCUT2D eigenvalue weighted by molar-refractivity contribution is 0.0526. The summed E-state index contributed by atoms with van der Waals surface area (Å²) in [5.74, 6) is -0.573. The van der Waals surface area contributed by atoms with Crippen molar-refractivity contribution in [2.45, 2.75) is 46.1 Å². The van der Waals surface area contributed by atoms with Crippen LogP contribution in [0.25, 0.3) is 0 Å². The summed E-state index contributed by atoms with van der Waals surface area (Å²) in [6.07, 6.45) is 5.19. The van der Waals surface area contributed by atoms with Crippen LogP contribution in [0.5, 0.6) is 0 Å². The molecule has 1 aliphatic heterocycles. The normalized spacial score (nSPS) is 14.8. The summed E-state index contributed by atoms with van der Waals surface area (Å²) in [6.45, 7) is 7.22. The average molecular weight is 395 g/mol. The van der Waals surface area contributed by atoms with E-state index in [4.69, 9.17) is 4.74 Å². The number of rotatable bonds is 6. The highest BCUT2D eigenvalue weighted by atomic mass is 16.5. The number of anilines is 1. The van der Waals surface area contributed by atoms with Crippen molar-refractivity contribution in [1.82, 2.24) is 4.90 Å². The van der Waals surface area contributed by atoms with Gasteiger partial charge in [0.1, 0.15) is 0 Å². The molecule has 1 saturated heterocycles. The molecule has 1 amide bonds. The van der Waals surface area contributed by atoms with E-state index in [1.165, 1.54) is 31.2 Å². The molecule has 0 saturated carbocycles. The number of nitrogens with zero attached hydrogens (tertiary/aromatic N) is 1. The van der Waals surface area contributed by atoms with E-state index in [1.807, 2.05) is 37.3 Å². The Morgan fingerprint density at radius 1 is 0.966 bits per heavy atom. The van der Waals surface area contributed by atoms with Crippen molar-refractivity contribution in [3.63, 3.8) is 0 Å². The molecule has 3 rings (SSSR count). The van der Waals surface area contributed by atoms with Crippen LogP contribution in [-0.4, -0.2) is 36.5 Å². The number of carbonyl (C=O) groups is 2. The molecule has 0 bridgehead atoms. The Balaban J connectivity index is 1.64. The second-order valence-corrected chi connectivity index (χ2v) is 7.59. The van der Waals surface area contributed by atoms with Gasteiger partial charge in [0, 0.05) is 17.8 Å². The van der Waals surface area contributed by atoms with Gasteiger partial charge in [0.2, 0.25) is 0 Å². The zero-order valence-electron chi connectivity index (χ0n) is 17.4. The zero-order chi connectivity index (χ0) is 20.6. The fourth-order valence-electron chi connectivity index (χ4n) is 3.61. The first-order valence-electron chi connectivity index (χ1n) is 10.5. The first-order chi connectivity index (χ1) is 14.1. The van der Waals surface area contributed by atoms with E-state index in [0.29, 0.717) is 23.4 Å². The second-order valence-electron chi connectivity index (χ2n) is 7.59. The summed E-state index contributed by atoms with van der Waals surface area (Å²) in [6, 6.07) is 13.0. The van der Waals surface area contributed by atoms with Crippen LogP contribution in [0.15, 0.2) is 42.5 Å². The molecule has 0 unspecified atom stereocenters. The van der Waals surface area contributed by atoms with Crippen LogP contribution in [0.1, 0.15) is 64.4 Å². The van der Waals surface area contributed by atoms with Crippen molar-refractivity contribution in [2.75, 3.05) is 25.0 Å². The van der Waals surface area contributed by atoms with Gasteiger partial charge in [-0.25, -0.2) is 4.79 Å². The Kier molecular flexibility index (Phi) is 7.42. The number of hydrogen-bond acceptors (Lipinski definition) is 4. The fraction of sp³-hybridized carbons (Fsp3) is 0.417. The highest BCUT2D eigenvalue weighted by Crippen LogP contribution is 2.19. The summed E-state index contributed by atoms with van der Waals surface area (Å²) in [5, 5.41) is 2.92. The Hall–Kier alpha value is -2.66. The number of carbonyl (C=O) groups excluding carboxylic acids is 2. The third kappa shape index (κ3) is 5.91. The Labute approximate surface area is 173 Å². The maximum absolute atomic E-state index is 12.7. The lowest BCUT2D eigenvalue weighted by atomic mass is 10.1. The van der Waals surface area contributed by atoms with Gasteiger partial charge in [-0.1, -0.05) is 31.0 Å². The molecule has 5 nitrogen and oxygen atoms in total. The molecule has 1 heterocycles. The second kappa shape index (κ2) is 10.2. The molecule has 1 aliphatic rings. The summed E-state index contributed by atoms with van der Waals surface area (Å²) in [7, 11) is 0. The van der Waals surface area contributed by atoms with Gasteiger partial charge >= 0.3 is 5.97 Å². The van der Waals surface area contributed by atoms with Crippen LogP contribution in [0.3, 0.4) is 0 Å². The van der Waals surface area contributed by atoms with Crippen LogP contribution < -0.4 is 5.32 Å². The Bertz CT molecular complexity index is 838. The van der Waals surface area contributed by atoms with Gasteiger partial charge in [-0.2, -0.15) is 0 Å². The van der Waals surface area contributed by atoms with E-state index in [9.17, 15) is 9.59 Å². The maximum Gasteiger partial charge on any atom is 0.338 e. The minimum atomic E-state index is -0.388. The molecule has 0 radical (unpaired) electrons. The van der Waals surface area contributed by atoms with Crippen molar-refractivity contribution in [2.24, 2.45) is 0 Å². The third-order valence-corrected chi connectivity index (χ3v) is 5.32. The van der Waals surface area contributed by atoms with E-state index >= 15 is 0 Å². The predicted octanol–water partition coefficient (Wildman–Crippen LogP) is 4.80. The standard InChI is InChI=1S/C24H30N2O3/c1-3-29-24(28)21-11-8-18(2)22(16-21)25-23(27)20-12-9-19(10-13-20)17-26-14-6-4-5-7-15-26/h8-13,16H,3-7,14-15,17H2,1-2H3,(H,25,27).